The molecule has 0 aliphatic heterocycles. The van der Waals surface area contributed by atoms with E-state index in [2.05, 4.69) is 10.4 Å². The van der Waals surface area contributed by atoms with Gasteiger partial charge in [0.15, 0.2) is 5.76 Å². The molecule has 0 radical (unpaired) electrons. The van der Waals surface area contributed by atoms with Gasteiger partial charge in [-0.2, -0.15) is 5.10 Å². The number of rotatable bonds is 4. The Bertz CT molecular complexity index is 846. The Morgan fingerprint density at radius 1 is 1.22 bits per heavy atom. The molecule has 0 saturated heterocycles. The quantitative estimate of drug-likeness (QED) is 0.804. The largest absolute Gasteiger partial charge is 0.459 e. The van der Waals surface area contributed by atoms with Crippen molar-refractivity contribution in [2.75, 3.05) is 0 Å². The van der Waals surface area contributed by atoms with Crippen LogP contribution in [0.15, 0.2) is 47.1 Å². The van der Waals surface area contributed by atoms with Crippen LogP contribution < -0.4 is 5.32 Å². The first-order valence-corrected chi connectivity index (χ1v) is 7.50. The first-order chi connectivity index (χ1) is 11.1. The minimum atomic E-state index is -0.212. The molecular weight excluding hydrogens is 290 g/mol. The number of aryl methyl sites for hydroxylation is 3. The third-order valence-electron chi connectivity index (χ3n) is 3.74. The van der Waals surface area contributed by atoms with Crippen LogP contribution in [0, 0.1) is 20.8 Å². The van der Waals surface area contributed by atoms with Crippen LogP contribution in [0.2, 0.25) is 0 Å². The first-order valence-electron chi connectivity index (χ1n) is 7.50. The third kappa shape index (κ3) is 3.04. The molecule has 0 spiro atoms. The Kier molecular flexibility index (Phi) is 4.02. The molecule has 0 aliphatic rings. The van der Waals surface area contributed by atoms with E-state index in [4.69, 9.17) is 4.42 Å². The van der Waals surface area contributed by atoms with Crippen molar-refractivity contribution >= 4 is 5.91 Å². The summed E-state index contributed by atoms with van der Waals surface area (Å²) in [7, 11) is 0. The smallest absolute Gasteiger partial charge is 0.287 e. The summed E-state index contributed by atoms with van der Waals surface area (Å²) in [5.41, 5.74) is 4.82. The topological polar surface area (TPSA) is 60.1 Å². The molecule has 1 aromatic carbocycles. The van der Waals surface area contributed by atoms with Gasteiger partial charge in [0.2, 0.25) is 0 Å². The van der Waals surface area contributed by atoms with Gasteiger partial charge in [-0.05, 0) is 44.5 Å². The van der Waals surface area contributed by atoms with Crippen LogP contribution in [0.25, 0.3) is 5.69 Å². The lowest BCUT2D eigenvalue weighted by atomic mass is 10.1. The highest BCUT2D eigenvalue weighted by Crippen LogP contribution is 2.17. The summed E-state index contributed by atoms with van der Waals surface area (Å²) in [6.07, 6.45) is 1.52. The number of hydrogen-bond acceptors (Lipinski definition) is 3. The van der Waals surface area contributed by atoms with E-state index >= 15 is 0 Å². The highest BCUT2D eigenvalue weighted by Gasteiger charge is 2.14. The van der Waals surface area contributed by atoms with Gasteiger partial charge in [0, 0.05) is 17.8 Å². The Labute approximate surface area is 134 Å². The highest BCUT2D eigenvalue weighted by atomic mass is 16.3. The predicted molar refractivity (Wildman–Crippen MR) is 87.7 cm³/mol. The molecule has 0 unspecified atom stereocenters. The molecule has 1 N–H and O–H groups in total. The van der Waals surface area contributed by atoms with Gasteiger partial charge in [-0.3, -0.25) is 4.79 Å². The normalized spacial score (nSPS) is 10.7. The van der Waals surface area contributed by atoms with Crippen molar-refractivity contribution in [1.82, 2.24) is 15.1 Å². The number of nitrogens with zero attached hydrogens (tertiary/aromatic N) is 2. The summed E-state index contributed by atoms with van der Waals surface area (Å²) < 4.78 is 7.12. The molecular formula is C18H19N3O2. The maximum atomic E-state index is 12.2. The molecule has 3 rings (SSSR count). The number of carbonyl (C=O) groups is 1. The second-order valence-electron chi connectivity index (χ2n) is 5.58. The molecule has 1 amide bonds. The highest BCUT2D eigenvalue weighted by molar-refractivity contribution is 5.92. The van der Waals surface area contributed by atoms with Gasteiger partial charge in [0.1, 0.15) is 0 Å². The minimum Gasteiger partial charge on any atom is -0.459 e. The van der Waals surface area contributed by atoms with Gasteiger partial charge in [-0.1, -0.05) is 18.2 Å². The van der Waals surface area contributed by atoms with E-state index in [0.717, 1.165) is 28.2 Å². The zero-order chi connectivity index (χ0) is 16.4. The van der Waals surface area contributed by atoms with E-state index in [1.807, 2.05) is 55.8 Å². The standard InChI is InChI=1S/C18H19N3O2/c1-12-8-9-23-17(12)18(22)19-11-15-6-4-5-7-16(15)21-14(3)10-13(2)20-21/h4-10H,11H2,1-3H3,(H,19,22). The summed E-state index contributed by atoms with van der Waals surface area (Å²) in [5.74, 6) is 0.143. The molecule has 0 aliphatic carbocycles. The molecule has 0 atom stereocenters. The maximum absolute atomic E-state index is 12.2. The summed E-state index contributed by atoms with van der Waals surface area (Å²) >= 11 is 0. The third-order valence-corrected chi connectivity index (χ3v) is 3.74. The van der Waals surface area contributed by atoms with Gasteiger partial charge in [0.25, 0.3) is 5.91 Å². The van der Waals surface area contributed by atoms with Crippen LogP contribution in [0.5, 0.6) is 0 Å². The number of aromatic nitrogens is 2. The van der Waals surface area contributed by atoms with Crippen molar-refractivity contribution in [3.05, 3.63) is 70.9 Å². The van der Waals surface area contributed by atoms with Crippen LogP contribution in [-0.4, -0.2) is 15.7 Å². The van der Waals surface area contributed by atoms with Crippen molar-refractivity contribution in [2.45, 2.75) is 27.3 Å². The Morgan fingerprint density at radius 2 is 2.00 bits per heavy atom. The number of nitrogens with one attached hydrogen (secondary N) is 1. The average Bonchev–Trinajstić information content (AvgIpc) is 3.10. The maximum Gasteiger partial charge on any atom is 0.287 e. The lowest BCUT2D eigenvalue weighted by Crippen LogP contribution is -2.23. The average molecular weight is 309 g/mol. The van der Waals surface area contributed by atoms with E-state index in [1.54, 1.807) is 6.07 Å². The second kappa shape index (κ2) is 6.12. The summed E-state index contributed by atoms with van der Waals surface area (Å²) in [5, 5.41) is 7.42. The van der Waals surface area contributed by atoms with Crippen LogP contribution in [0.4, 0.5) is 0 Å². The molecule has 118 valence electrons. The zero-order valence-electron chi connectivity index (χ0n) is 13.5. The van der Waals surface area contributed by atoms with Gasteiger partial charge < -0.3 is 9.73 Å². The van der Waals surface area contributed by atoms with Gasteiger partial charge >= 0.3 is 0 Å². The molecule has 3 aromatic rings. The molecule has 23 heavy (non-hydrogen) atoms. The molecule has 2 aromatic heterocycles. The number of amides is 1. The molecule has 0 fully saturated rings. The summed E-state index contributed by atoms with van der Waals surface area (Å²) in [4.78, 5) is 12.2. The van der Waals surface area contributed by atoms with E-state index in [0.29, 0.717) is 12.3 Å². The lowest BCUT2D eigenvalue weighted by Gasteiger charge is -2.12. The Morgan fingerprint density at radius 3 is 2.65 bits per heavy atom. The fourth-order valence-corrected chi connectivity index (χ4v) is 2.60. The van der Waals surface area contributed by atoms with Crippen molar-refractivity contribution in [3.8, 4) is 5.69 Å². The molecule has 0 saturated carbocycles. The van der Waals surface area contributed by atoms with Crippen molar-refractivity contribution in [1.29, 1.82) is 0 Å². The summed E-state index contributed by atoms with van der Waals surface area (Å²) in [6, 6.07) is 11.7. The van der Waals surface area contributed by atoms with Crippen LogP contribution in [-0.2, 0) is 6.54 Å². The predicted octanol–water partition coefficient (Wildman–Crippen LogP) is 3.32. The van der Waals surface area contributed by atoms with Crippen LogP contribution in [0.1, 0.15) is 33.1 Å². The van der Waals surface area contributed by atoms with E-state index in [9.17, 15) is 4.79 Å². The fourth-order valence-electron chi connectivity index (χ4n) is 2.60. The minimum absolute atomic E-state index is 0.212. The van der Waals surface area contributed by atoms with Crippen molar-refractivity contribution in [3.63, 3.8) is 0 Å². The molecule has 5 nitrogen and oxygen atoms in total. The van der Waals surface area contributed by atoms with E-state index < -0.39 is 0 Å². The number of carbonyl (C=O) groups excluding carboxylic acids is 1. The van der Waals surface area contributed by atoms with Gasteiger partial charge in [-0.15, -0.1) is 0 Å². The van der Waals surface area contributed by atoms with E-state index in [1.165, 1.54) is 6.26 Å². The Balaban J connectivity index is 1.83. The summed E-state index contributed by atoms with van der Waals surface area (Å²) in [6.45, 7) is 6.24. The van der Waals surface area contributed by atoms with Crippen LogP contribution >= 0.6 is 0 Å². The lowest BCUT2D eigenvalue weighted by molar-refractivity contribution is 0.0922. The van der Waals surface area contributed by atoms with Gasteiger partial charge in [-0.25, -0.2) is 4.68 Å². The van der Waals surface area contributed by atoms with Gasteiger partial charge in [0.05, 0.1) is 17.6 Å². The number of furan rings is 1. The molecule has 5 heteroatoms. The fraction of sp³-hybridized carbons (Fsp3) is 0.222. The monoisotopic (exact) mass is 309 g/mol. The number of para-hydroxylation sites is 1. The number of hydrogen-bond donors (Lipinski definition) is 1. The van der Waals surface area contributed by atoms with Crippen LogP contribution in [0.3, 0.4) is 0 Å². The van der Waals surface area contributed by atoms with Crippen molar-refractivity contribution < 1.29 is 9.21 Å². The SMILES string of the molecule is Cc1cc(C)n(-c2ccccc2CNC(=O)c2occc2C)n1. The molecule has 0 bridgehead atoms. The van der Waals surface area contributed by atoms with Crippen molar-refractivity contribution in [2.24, 2.45) is 0 Å². The number of benzene rings is 1. The Hall–Kier alpha value is -2.82. The van der Waals surface area contributed by atoms with E-state index in [-0.39, 0.29) is 5.91 Å². The first kappa shape index (κ1) is 15.1. The molecule has 2 heterocycles. The zero-order valence-corrected chi connectivity index (χ0v) is 13.5. The second-order valence-corrected chi connectivity index (χ2v) is 5.58.